The van der Waals surface area contributed by atoms with Gasteiger partial charge >= 0.3 is 6.18 Å². The number of aryl methyl sites for hydroxylation is 1. The van der Waals surface area contributed by atoms with Gasteiger partial charge in [-0.3, -0.25) is 0 Å². The number of halogens is 4. The first kappa shape index (κ1) is 14.5. The molecule has 0 saturated heterocycles. The number of fused-ring (bicyclic) bond motifs is 1. The molecule has 21 heavy (non-hydrogen) atoms. The second-order valence-electron chi connectivity index (χ2n) is 4.89. The van der Waals surface area contributed by atoms with Crippen LogP contribution in [-0.2, 0) is 19.3 Å². The van der Waals surface area contributed by atoms with Gasteiger partial charge in [-0.1, -0.05) is 28.1 Å². The highest BCUT2D eigenvalue weighted by Crippen LogP contribution is 2.35. The smallest absolute Gasteiger partial charge is 0.307 e. The van der Waals surface area contributed by atoms with Gasteiger partial charge in [0.2, 0.25) is 0 Å². The van der Waals surface area contributed by atoms with E-state index in [2.05, 4.69) is 31.2 Å². The number of hydrogen-bond donors (Lipinski definition) is 1. The largest absolute Gasteiger partial charge is 0.433 e. The Labute approximate surface area is 127 Å². The molecule has 1 N–H and O–H groups in total. The van der Waals surface area contributed by atoms with Gasteiger partial charge in [0.15, 0.2) is 11.5 Å². The Bertz CT molecular complexity index is 713. The first-order chi connectivity index (χ1) is 9.86. The van der Waals surface area contributed by atoms with E-state index in [4.69, 9.17) is 0 Å². The lowest BCUT2D eigenvalue weighted by molar-refractivity contribution is -0.141. The van der Waals surface area contributed by atoms with Crippen LogP contribution in [0.25, 0.3) is 11.4 Å². The van der Waals surface area contributed by atoms with E-state index in [1.165, 1.54) is 0 Å². The molecule has 1 aromatic carbocycles. The summed E-state index contributed by atoms with van der Waals surface area (Å²) >= 11 is 3.37. The van der Waals surface area contributed by atoms with Gasteiger partial charge in [0, 0.05) is 28.7 Å². The number of nitrogens with zero attached hydrogens (tertiary/aromatic N) is 2. The van der Waals surface area contributed by atoms with E-state index in [0.717, 1.165) is 10.0 Å². The summed E-state index contributed by atoms with van der Waals surface area (Å²) in [5, 5.41) is 2.89. The van der Waals surface area contributed by atoms with Crippen LogP contribution in [0, 0.1) is 6.92 Å². The average molecular weight is 358 g/mol. The summed E-state index contributed by atoms with van der Waals surface area (Å²) < 4.78 is 40.3. The Morgan fingerprint density at radius 2 is 1.95 bits per heavy atom. The molecular weight excluding hydrogens is 347 g/mol. The van der Waals surface area contributed by atoms with Crippen molar-refractivity contribution < 1.29 is 13.2 Å². The molecule has 1 aliphatic heterocycles. The number of aromatic nitrogens is 2. The summed E-state index contributed by atoms with van der Waals surface area (Å²) in [4.78, 5) is 8.03. The lowest BCUT2D eigenvalue weighted by atomic mass is 10.1. The number of nitrogens with one attached hydrogen (secondary N) is 1. The molecule has 0 unspecified atom stereocenters. The maximum atomic E-state index is 13.2. The number of rotatable bonds is 1. The van der Waals surface area contributed by atoms with Crippen molar-refractivity contribution in [1.29, 1.82) is 0 Å². The zero-order chi connectivity index (χ0) is 15.2. The van der Waals surface area contributed by atoms with Crippen molar-refractivity contribution >= 4 is 15.9 Å². The molecule has 0 fully saturated rings. The van der Waals surface area contributed by atoms with Gasteiger partial charge in [-0.2, -0.15) is 13.2 Å². The Morgan fingerprint density at radius 3 is 2.62 bits per heavy atom. The Balaban J connectivity index is 2.18. The zero-order valence-corrected chi connectivity index (χ0v) is 12.6. The van der Waals surface area contributed by atoms with Crippen molar-refractivity contribution in [3.63, 3.8) is 0 Å². The normalized spacial score (nSPS) is 14.3. The molecule has 2 aromatic rings. The highest BCUT2D eigenvalue weighted by Gasteiger charge is 2.38. The van der Waals surface area contributed by atoms with E-state index >= 15 is 0 Å². The third kappa shape index (κ3) is 2.67. The number of hydrogen-bond acceptors (Lipinski definition) is 3. The van der Waals surface area contributed by atoms with E-state index in [1.54, 1.807) is 12.1 Å². The Morgan fingerprint density at radius 1 is 1.19 bits per heavy atom. The van der Waals surface area contributed by atoms with E-state index in [9.17, 15) is 13.2 Å². The monoisotopic (exact) mass is 357 g/mol. The highest BCUT2D eigenvalue weighted by atomic mass is 79.9. The van der Waals surface area contributed by atoms with Gasteiger partial charge in [0.1, 0.15) is 0 Å². The highest BCUT2D eigenvalue weighted by molar-refractivity contribution is 9.10. The van der Waals surface area contributed by atoms with Gasteiger partial charge in [-0.05, 0) is 18.6 Å². The van der Waals surface area contributed by atoms with Crippen LogP contribution in [0.15, 0.2) is 22.7 Å². The summed E-state index contributed by atoms with van der Waals surface area (Å²) in [7, 11) is 0. The van der Waals surface area contributed by atoms with Crippen LogP contribution in [0.1, 0.15) is 22.5 Å². The van der Waals surface area contributed by atoms with E-state index in [0.29, 0.717) is 17.8 Å². The summed E-state index contributed by atoms with van der Waals surface area (Å²) in [5.41, 5.74) is 1.29. The number of alkyl halides is 3. The summed E-state index contributed by atoms with van der Waals surface area (Å²) in [5.74, 6) is 0.102. The van der Waals surface area contributed by atoms with Crippen molar-refractivity contribution in [1.82, 2.24) is 15.3 Å². The molecule has 0 spiro atoms. The van der Waals surface area contributed by atoms with Gasteiger partial charge in [0.05, 0.1) is 5.69 Å². The molecular formula is C14H11BrF3N3. The van der Waals surface area contributed by atoms with Gasteiger partial charge in [-0.25, -0.2) is 9.97 Å². The first-order valence-electron chi connectivity index (χ1n) is 6.30. The fourth-order valence-electron chi connectivity index (χ4n) is 2.26. The first-order valence-corrected chi connectivity index (χ1v) is 7.10. The minimum Gasteiger partial charge on any atom is -0.307 e. The molecule has 7 heteroatoms. The molecule has 110 valence electrons. The van der Waals surface area contributed by atoms with Crippen LogP contribution in [0.3, 0.4) is 0 Å². The Kier molecular flexibility index (Phi) is 3.49. The predicted octanol–water partition coefficient (Wildman–Crippen LogP) is 3.84. The summed E-state index contributed by atoms with van der Waals surface area (Å²) in [6.07, 6.45) is -4.48. The lowest BCUT2D eigenvalue weighted by Crippen LogP contribution is -2.14. The summed E-state index contributed by atoms with van der Waals surface area (Å²) in [6.45, 7) is 2.39. The second kappa shape index (κ2) is 5.06. The van der Waals surface area contributed by atoms with Gasteiger partial charge in [0.25, 0.3) is 0 Å². The SMILES string of the molecule is Cc1ccc(-c2nc3c(c(C(F)(F)F)n2)CNC3)cc1Br. The Hall–Kier alpha value is -1.47. The molecule has 1 aliphatic rings. The van der Waals surface area contributed by atoms with Crippen LogP contribution < -0.4 is 5.32 Å². The predicted molar refractivity (Wildman–Crippen MR) is 75.5 cm³/mol. The van der Waals surface area contributed by atoms with E-state index < -0.39 is 11.9 Å². The third-order valence-corrected chi connectivity index (χ3v) is 4.24. The van der Waals surface area contributed by atoms with Gasteiger partial charge in [-0.15, -0.1) is 0 Å². The van der Waals surface area contributed by atoms with E-state index in [1.807, 2.05) is 13.0 Å². The van der Waals surface area contributed by atoms with Crippen LogP contribution in [0.5, 0.6) is 0 Å². The number of benzene rings is 1. The lowest BCUT2D eigenvalue weighted by Gasteiger charge is -2.12. The maximum Gasteiger partial charge on any atom is 0.433 e. The summed E-state index contributed by atoms with van der Waals surface area (Å²) in [6, 6.07) is 5.28. The molecule has 0 amide bonds. The topological polar surface area (TPSA) is 37.8 Å². The fraction of sp³-hybridized carbons (Fsp3) is 0.286. The third-order valence-electron chi connectivity index (χ3n) is 3.39. The van der Waals surface area contributed by atoms with E-state index in [-0.39, 0.29) is 17.9 Å². The second-order valence-corrected chi connectivity index (χ2v) is 5.74. The quantitative estimate of drug-likeness (QED) is 0.842. The molecule has 2 heterocycles. The van der Waals surface area contributed by atoms with Crippen LogP contribution in [-0.4, -0.2) is 9.97 Å². The minimum absolute atomic E-state index is 0.102. The molecule has 1 aromatic heterocycles. The fourth-order valence-corrected chi connectivity index (χ4v) is 2.64. The average Bonchev–Trinajstić information content (AvgIpc) is 2.87. The standard InChI is InChI=1S/C14H11BrF3N3/c1-7-2-3-8(4-10(7)15)13-20-11-6-19-5-9(11)12(21-13)14(16,17)18/h2-4,19H,5-6H2,1H3. The zero-order valence-electron chi connectivity index (χ0n) is 11.1. The molecule has 0 atom stereocenters. The van der Waals surface area contributed by atoms with Crippen molar-refractivity contribution in [2.75, 3.05) is 0 Å². The van der Waals surface area contributed by atoms with Crippen LogP contribution in [0.4, 0.5) is 13.2 Å². The molecule has 0 aliphatic carbocycles. The molecule has 3 nitrogen and oxygen atoms in total. The van der Waals surface area contributed by atoms with Crippen molar-refractivity contribution in [2.45, 2.75) is 26.2 Å². The van der Waals surface area contributed by atoms with Crippen molar-refractivity contribution in [3.8, 4) is 11.4 Å². The van der Waals surface area contributed by atoms with Gasteiger partial charge < -0.3 is 5.32 Å². The maximum absolute atomic E-state index is 13.2. The van der Waals surface area contributed by atoms with Crippen molar-refractivity contribution in [2.24, 2.45) is 0 Å². The van der Waals surface area contributed by atoms with Crippen LogP contribution >= 0.6 is 15.9 Å². The molecule has 0 bridgehead atoms. The molecule has 0 saturated carbocycles. The molecule has 3 rings (SSSR count). The molecule has 0 radical (unpaired) electrons. The minimum atomic E-state index is -4.48. The van der Waals surface area contributed by atoms with Crippen LogP contribution in [0.2, 0.25) is 0 Å². The van der Waals surface area contributed by atoms with Crippen molar-refractivity contribution in [3.05, 3.63) is 45.2 Å².